The second-order valence-corrected chi connectivity index (χ2v) is 7.68. The lowest BCUT2D eigenvalue weighted by molar-refractivity contribution is -0.113. The molecule has 1 amide bonds. The lowest BCUT2D eigenvalue weighted by Gasteiger charge is -2.10. The van der Waals surface area contributed by atoms with Crippen molar-refractivity contribution in [2.45, 2.75) is 18.5 Å². The van der Waals surface area contributed by atoms with E-state index in [2.05, 4.69) is 21.6 Å². The topological polar surface area (TPSA) is 96.7 Å². The van der Waals surface area contributed by atoms with Crippen LogP contribution >= 0.6 is 11.8 Å². The lowest BCUT2D eigenvalue weighted by Crippen LogP contribution is -2.14. The minimum atomic E-state index is -0.151. The second-order valence-electron chi connectivity index (χ2n) is 6.74. The Balaban J connectivity index is 1.52. The van der Waals surface area contributed by atoms with Crippen LogP contribution in [0.25, 0.3) is 17.1 Å². The van der Waals surface area contributed by atoms with E-state index in [-0.39, 0.29) is 11.7 Å². The summed E-state index contributed by atoms with van der Waals surface area (Å²) in [6.45, 7) is 1.88. The third kappa shape index (κ3) is 4.68. The summed E-state index contributed by atoms with van der Waals surface area (Å²) in [7, 11) is 0. The van der Waals surface area contributed by atoms with Crippen LogP contribution < -0.4 is 5.32 Å². The zero-order valence-corrected chi connectivity index (χ0v) is 17.6. The van der Waals surface area contributed by atoms with Crippen LogP contribution in [0.15, 0.2) is 76.5 Å². The van der Waals surface area contributed by atoms with Crippen LogP contribution in [0.1, 0.15) is 11.3 Å². The van der Waals surface area contributed by atoms with Gasteiger partial charge in [0.15, 0.2) is 11.0 Å². The molecule has 0 aliphatic heterocycles. The fourth-order valence-corrected chi connectivity index (χ4v) is 3.84. The number of thioether (sulfide) groups is 1. The number of carbonyl (C=O) groups excluding carboxylic acids is 1. The summed E-state index contributed by atoms with van der Waals surface area (Å²) in [5.74, 6) is 1.43. The van der Waals surface area contributed by atoms with Gasteiger partial charge in [-0.25, -0.2) is 0 Å². The number of amides is 1. The van der Waals surface area contributed by atoms with E-state index in [9.17, 15) is 4.79 Å². The summed E-state index contributed by atoms with van der Waals surface area (Å²) in [6.07, 6.45) is 1.97. The number of rotatable bonds is 7. The van der Waals surface area contributed by atoms with Gasteiger partial charge in [-0.15, -0.1) is 10.2 Å². The lowest BCUT2D eigenvalue weighted by atomic mass is 10.1. The van der Waals surface area contributed by atoms with Crippen LogP contribution in [0.4, 0.5) is 5.69 Å². The number of benzene rings is 2. The number of nitrogens with one attached hydrogen (secondary N) is 1. The fourth-order valence-electron chi connectivity index (χ4n) is 3.09. The van der Waals surface area contributed by atoms with E-state index in [1.54, 1.807) is 18.4 Å². The molecule has 0 bridgehead atoms. The smallest absolute Gasteiger partial charge is 0.234 e. The molecule has 4 aromatic rings. The molecule has 0 saturated carbocycles. The predicted octanol–water partition coefficient (Wildman–Crippen LogP) is 4.63. The van der Waals surface area contributed by atoms with E-state index in [1.165, 1.54) is 11.8 Å². The number of carbonyl (C=O) groups is 1. The average molecular weight is 430 g/mol. The van der Waals surface area contributed by atoms with Crippen molar-refractivity contribution in [1.29, 1.82) is 5.26 Å². The SMILES string of the molecule is Cc1occc1-c1nnc(SCC(=O)Nc2ccc(CC#N)cc2)n1-c1ccccc1. The normalized spacial score (nSPS) is 10.6. The standard InChI is InChI=1S/C23H19N5O2S/c1-16-20(12-14-30-16)22-26-27-23(28(22)19-5-3-2-4-6-19)31-15-21(29)25-18-9-7-17(8-10-18)11-13-24/h2-10,12,14H,11,15H2,1H3,(H,25,29). The summed E-state index contributed by atoms with van der Waals surface area (Å²) in [4.78, 5) is 12.5. The molecular formula is C23H19N5O2S. The summed E-state index contributed by atoms with van der Waals surface area (Å²) < 4.78 is 7.36. The zero-order valence-electron chi connectivity index (χ0n) is 16.8. The summed E-state index contributed by atoms with van der Waals surface area (Å²) in [5, 5.41) is 20.9. The highest BCUT2D eigenvalue weighted by Crippen LogP contribution is 2.30. The van der Waals surface area contributed by atoms with Gasteiger partial charge in [0.25, 0.3) is 0 Å². The minimum Gasteiger partial charge on any atom is -0.469 e. The van der Waals surface area contributed by atoms with Crippen molar-refractivity contribution >= 4 is 23.4 Å². The van der Waals surface area contributed by atoms with Crippen LogP contribution in [0.2, 0.25) is 0 Å². The summed E-state index contributed by atoms with van der Waals surface area (Å²) in [6, 6.07) is 21.0. The molecule has 0 spiro atoms. The van der Waals surface area contributed by atoms with Gasteiger partial charge in [-0.2, -0.15) is 5.26 Å². The molecule has 0 aliphatic carbocycles. The molecule has 0 aliphatic rings. The van der Waals surface area contributed by atoms with Crippen molar-refractivity contribution in [2.24, 2.45) is 0 Å². The average Bonchev–Trinajstić information content (AvgIpc) is 3.40. The van der Waals surface area contributed by atoms with Crippen LogP contribution in [-0.2, 0) is 11.2 Å². The quantitative estimate of drug-likeness (QED) is 0.430. The van der Waals surface area contributed by atoms with Crippen molar-refractivity contribution < 1.29 is 9.21 Å². The van der Waals surface area contributed by atoms with Gasteiger partial charge in [-0.05, 0) is 42.8 Å². The second kappa shape index (κ2) is 9.32. The van der Waals surface area contributed by atoms with Crippen LogP contribution in [0, 0.1) is 18.3 Å². The molecule has 8 heteroatoms. The highest BCUT2D eigenvalue weighted by atomic mass is 32.2. The van der Waals surface area contributed by atoms with Gasteiger partial charge in [-0.1, -0.05) is 42.1 Å². The molecule has 4 rings (SSSR count). The first-order chi connectivity index (χ1) is 15.2. The minimum absolute atomic E-state index is 0.151. The number of nitriles is 1. The van der Waals surface area contributed by atoms with Crippen molar-refractivity contribution in [2.75, 3.05) is 11.1 Å². The van der Waals surface area contributed by atoms with Crippen molar-refractivity contribution in [1.82, 2.24) is 14.8 Å². The van der Waals surface area contributed by atoms with Crippen molar-refractivity contribution in [3.8, 4) is 23.1 Å². The molecule has 1 N–H and O–H groups in total. The van der Waals surface area contributed by atoms with Gasteiger partial charge in [0.05, 0.1) is 30.1 Å². The third-order valence-electron chi connectivity index (χ3n) is 4.60. The first-order valence-electron chi connectivity index (χ1n) is 9.59. The molecular weight excluding hydrogens is 410 g/mol. The third-order valence-corrected chi connectivity index (χ3v) is 5.53. The molecule has 2 aromatic heterocycles. The molecule has 7 nitrogen and oxygen atoms in total. The van der Waals surface area contributed by atoms with E-state index in [0.717, 1.165) is 22.6 Å². The Kier molecular flexibility index (Phi) is 6.15. The number of hydrogen-bond donors (Lipinski definition) is 1. The molecule has 2 heterocycles. The zero-order chi connectivity index (χ0) is 21.6. The number of para-hydroxylation sites is 1. The van der Waals surface area contributed by atoms with Crippen molar-refractivity contribution in [3.05, 3.63) is 78.3 Å². The van der Waals surface area contributed by atoms with Gasteiger partial charge >= 0.3 is 0 Å². The molecule has 0 fully saturated rings. The van der Waals surface area contributed by atoms with Gasteiger partial charge in [0, 0.05) is 11.4 Å². The van der Waals surface area contributed by atoms with E-state index < -0.39 is 0 Å². The Hall–Kier alpha value is -3.83. The maximum atomic E-state index is 12.5. The predicted molar refractivity (Wildman–Crippen MR) is 119 cm³/mol. The number of aryl methyl sites for hydroxylation is 1. The number of nitrogens with zero attached hydrogens (tertiary/aromatic N) is 4. The highest BCUT2D eigenvalue weighted by Gasteiger charge is 2.19. The van der Waals surface area contributed by atoms with E-state index in [0.29, 0.717) is 23.1 Å². The highest BCUT2D eigenvalue weighted by molar-refractivity contribution is 7.99. The molecule has 0 atom stereocenters. The van der Waals surface area contributed by atoms with Gasteiger partial charge in [0.1, 0.15) is 5.76 Å². The van der Waals surface area contributed by atoms with E-state index >= 15 is 0 Å². The number of furan rings is 1. The summed E-state index contributed by atoms with van der Waals surface area (Å²) in [5.41, 5.74) is 3.35. The Bertz CT molecular complexity index is 1220. The Labute approximate surface area is 183 Å². The van der Waals surface area contributed by atoms with Gasteiger partial charge < -0.3 is 9.73 Å². The van der Waals surface area contributed by atoms with Crippen molar-refractivity contribution in [3.63, 3.8) is 0 Å². The first-order valence-corrected chi connectivity index (χ1v) is 10.6. The maximum absolute atomic E-state index is 12.5. The molecule has 0 radical (unpaired) electrons. The summed E-state index contributed by atoms with van der Waals surface area (Å²) >= 11 is 1.31. The molecule has 31 heavy (non-hydrogen) atoms. The Morgan fingerprint density at radius 1 is 1.13 bits per heavy atom. The maximum Gasteiger partial charge on any atom is 0.234 e. The van der Waals surface area contributed by atoms with Gasteiger partial charge in [0.2, 0.25) is 5.91 Å². The molecule has 2 aromatic carbocycles. The van der Waals surface area contributed by atoms with Crippen LogP contribution in [0.5, 0.6) is 0 Å². The molecule has 0 saturated heterocycles. The molecule has 0 unspecified atom stereocenters. The van der Waals surface area contributed by atoms with Crippen LogP contribution in [-0.4, -0.2) is 26.4 Å². The fraction of sp³-hybridized carbons (Fsp3) is 0.130. The number of aromatic nitrogens is 3. The Morgan fingerprint density at radius 3 is 2.58 bits per heavy atom. The Morgan fingerprint density at radius 2 is 1.90 bits per heavy atom. The largest absolute Gasteiger partial charge is 0.469 e. The van der Waals surface area contributed by atoms with E-state index in [1.807, 2.05) is 60.0 Å². The number of anilines is 1. The first kappa shape index (κ1) is 20.4. The van der Waals surface area contributed by atoms with Gasteiger partial charge in [-0.3, -0.25) is 9.36 Å². The van der Waals surface area contributed by atoms with E-state index in [4.69, 9.17) is 9.68 Å². The molecule has 154 valence electrons. The van der Waals surface area contributed by atoms with Crippen LogP contribution in [0.3, 0.4) is 0 Å². The number of hydrogen-bond acceptors (Lipinski definition) is 6. The monoisotopic (exact) mass is 429 g/mol.